The first kappa shape index (κ1) is 12.5. The summed E-state index contributed by atoms with van der Waals surface area (Å²) in [5.41, 5.74) is 2.06. The van der Waals surface area contributed by atoms with Gasteiger partial charge in [0.15, 0.2) is 0 Å². The monoisotopic (exact) mass is 248 g/mol. The second-order valence-corrected chi connectivity index (χ2v) is 4.25. The topological polar surface area (TPSA) is 24.9 Å². The molecule has 1 unspecified atom stereocenters. The van der Waals surface area contributed by atoms with E-state index in [1.165, 1.54) is 12.1 Å². The fourth-order valence-electron chi connectivity index (χ4n) is 1.70. The molecule has 2 rings (SSSR count). The molecule has 0 amide bonds. The molecule has 0 aliphatic carbocycles. The van der Waals surface area contributed by atoms with Crippen molar-refractivity contribution in [2.45, 2.75) is 19.9 Å². The number of benzene rings is 1. The second-order valence-electron chi connectivity index (χ2n) is 4.25. The van der Waals surface area contributed by atoms with E-state index in [-0.39, 0.29) is 17.7 Å². The highest BCUT2D eigenvalue weighted by Crippen LogP contribution is 2.21. The van der Waals surface area contributed by atoms with E-state index in [9.17, 15) is 8.78 Å². The van der Waals surface area contributed by atoms with Crippen LogP contribution < -0.4 is 5.32 Å². The summed E-state index contributed by atoms with van der Waals surface area (Å²) in [5, 5.41) is 3.03. The van der Waals surface area contributed by atoms with Gasteiger partial charge in [-0.2, -0.15) is 0 Å². The van der Waals surface area contributed by atoms with E-state index in [1.807, 2.05) is 13.8 Å². The highest BCUT2D eigenvalue weighted by atomic mass is 19.1. The Kier molecular flexibility index (Phi) is 3.55. The van der Waals surface area contributed by atoms with Gasteiger partial charge in [0.05, 0.1) is 23.6 Å². The van der Waals surface area contributed by atoms with Gasteiger partial charge in [-0.15, -0.1) is 0 Å². The Morgan fingerprint density at radius 1 is 1.17 bits per heavy atom. The van der Waals surface area contributed by atoms with E-state index in [2.05, 4.69) is 10.3 Å². The molecule has 1 aromatic carbocycles. The highest BCUT2D eigenvalue weighted by Gasteiger charge is 2.09. The third-order valence-corrected chi connectivity index (χ3v) is 2.69. The molecule has 0 saturated carbocycles. The number of nitrogens with one attached hydrogen (secondary N) is 1. The Labute approximate surface area is 105 Å². The van der Waals surface area contributed by atoms with Crippen molar-refractivity contribution < 1.29 is 8.78 Å². The number of rotatable bonds is 3. The molecule has 0 aliphatic heterocycles. The van der Waals surface area contributed by atoms with E-state index < -0.39 is 0 Å². The van der Waals surface area contributed by atoms with Crippen LogP contribution in [0.25, 0.3) is 0 Å². The first-order chi connectivity index (χ1) is 8.56. The molecule has 1 aromatic heterocycles. The first-order valence-corrected chi connectivity index (χ1v) is 5.70. The summed E-state index contributed by atoms with van der Waals surface area (Å²) in [4.78, 5) is 3.97. The molecule has 0 aliphatic rings. The number of halogens is 2. The van der Waals surface area contributed by atoms with Crippen LogP contribution in [0.2, 0.25) is 0 Å². The van der Waals surface area contributed by atoms with Crippen LogP contribution >= 0.6 is 0 Å². The minimum atomic E-state index is -0.382. The molecule has 2 nitrogen and oxygen atoms in total. The van der Waals surface area contributed by atoms with Crippen molar-refractivity contribution in [2.24, 2.45) is 0 Å². The number of pyridine rings is 1. The quantitative estimate of drug-likeness (QED) is 0.892. The smallest absolute Gasteiger partial charge is 0.146 e. The first-order valence-electron chi connectivity index (χ1n) is 5.70. The largest absolute Gasteiger partial charge is 0.375 e. The Morgan fingerprint density at radius 2 is 1.94 bits per heavy atom. The average Bonchev–Trinajstić information content (AvgIpc) is 2.34. The standard InChI is InChI=1S/C14H14F2N2/c1-9-3-5-12(16)14(7-9)18-10(2)13-6-4-11(15)8-17-13/h3-8,10,18H,1-2H3. The molecular formula is C14H14F2N2. The molecular weight excluding hydrogens is 234 g/mol. The van der Waals surface area contributed by atoms with Gasteiger partial charge in [-0.25, -0.2) is 8.78 Å². The zero-order chi connectivity index (χ0) is 13.1. The number of anilines is 1. The van der Waals surface area contributed by atoms with Crippen LogP contribution in [-0.2, 0) is 0 Å². The van der Waals surface area contributed by atoms with Crippen LogP contribution in [0, 0.1) is 18.6 Å². The van der Waals surface area contributed by atoms with Gasteiger partial charge in [-0.3, -0.25) is 4.98 Å². The Balaban J connectivity index is 2.18. The average molecular weight is 248 g/mol. The van der Waals surface area contributed by atoms with Crippen molar-refractivity contribution in [3.05, 3.63) is 59.4 Å². The molecule has 0 fully saturated rings. The summed E-state index contributed by atoms with van der Waals surface area (Å²) in [6.07, 6.45) is 1.15. The molecule has 0 radical (unpaired) electrons. The van der Waals surface area contributed by atoms with Crippen LogP contribution in [0.4, 0.5) is 14.5 Å². The second kappa shape index (κ2) is 5.12. The molecule has 1 heterocycles. The van der Waals surface area contributed by atoms with E-state index in [0.717, 1.165) is 11.8 Å². The van der Waals surface area contributed by atoms with Crippen LogP contribution in [0.1, 0.15) is 24.2 Å². The van der Waals surface area contributed by atoms with Crippen molar-refractivity contribution in [1.29, 1.82) is 0 Å². The van der Waals surface area contributed by atoms with Gasteiger partial charge in [0.2, 0.25) is 0 Å². The molecule has 0 spiro atoms. The molecule has 94 valence electrons. The number of hydrogen-bond acceptors (Lipinski definition) is 2. The van der Waals surface area contributed by atoms with Gasteiger partial charge in [-0.05, 0) is 43.7 Å². The maximum absolute atomic E-state index is 13.6. The summed E-state index contributed by atoms with van der Waals surface area (Å²) in [6, 6.07) is 7.59. The molecule has 2 aromatic rings. The number of aryl methyl sites for hydroxylation is 1. The van der Waals surface area contributed by atoms with Crippen LogP contribution in [0.3, 0.4) is 0 Å². The van der Waals surface area contributed by atoms with Gasteiger partial charge < -0.3 is 5.32 Å². The zero-order valence-corrected chi connectivity index (χ0v) is 10.2. The van der Waals surface area contributed by atoms with E-state index in [1.54, 1.807) is 18.2 Å². The van der Waals surface area contributed by atoms with Crippen LogP contribution in [0.15, 0.2) is 36.5 Å². The molecule has 1 N–H and O–H groups in total. The van der Waals surface area contributed by atoms with E-state index >= 15 is 0 Å². The number of aromatic nitrogens is 1. The van der Waals surface area contributed by atoms with Crippen molar-refractivity contribution in [3.8, 4) is 0 Å². The fraction of sp³-hybridized carbons (Fsp3) is 0.214. The van der Waals surface area contributed by atoms with Crippen molar-refractivity contribution in [1.82, 2.24) is 4.98 Å². The van der Waals surface area contributed by atoms with Crippen molar-refractivity contribution in [3.63, 3.8) is 0 Å². The Morgan fingerprint density at radius 3 is 2.61 bits per heavy atom. The maximum Gasteiger partial charge on any atom is 0.146 e. The van der Waals surface area contributed by atoms with Gasteiger partial charge in [0, 0.05) is 0 Å². The lowest BCUT2D eigenvalue weighted by molar-refractivity contribution is 0.615. The van der Waals surface area contributed by atoms with Crippen molar-refractivity contribution in [2.75, 3.05) is 5.32 Å². The summed E-state index contributed by atoms with van der Waals surface area (Å²) >= 11 is 0. The van der Waals surface area contributed by atoms with Crippen LogP contribution in [-0.4, -0.2) is 4.98 Å². The van der Waals surface area contributed by atoms with Gasteiger partial charge in [0.1, 0.15) is 11.6 Å². The summed E-state index contributed by atoms with van der Waals surface area (Å²) in [7, 11) is 0. The lowest BCUT2D eigenvalue weighted by atomic mass is 10.1. The predicted octanol–water partition coefficient (Wildman–Crippen LogP) is 3.84. The summed E-state index contributed by atoms with van der Waals surface area (Å²) < 4.78 is 26.3. The Bertz CT molecular complexity index is 538. The zero-order valence-electron chi connectivity index (χ0n) is 10.2. The third-order valence-electron chi connectivity index (χ3n) is 2.69. The van der Waals surface area contributed by atoms with E-state index in [0.29, 0.717) is 11.4 Å². The maximum atomic E-state index is 13.6. The minimum Gasteiger partial charge on any atom is -0.375 e. The molecule has 0 saturated heterocycles. The highest BCUT2D eigenvalue weighted by molar-refractivity contribution is 5.48. The SMILES string of the molecule is Cc1ccc(F)c(NC(C)c2ccc(F)cn2)c1. The number of nitrogens with zero attached hydrogens (tertiary/aromatic N) is 1. The lowest BCUT2D eigenvalue weighted by Crippen LogP contribution is -2.09. The minimum absolute atomic E-state index is 0.193. The third kappa shape index (κ3) is 2.83. The summed E-state index contributed by atoms with van der Waals surface area (Å²) in [5.74, 6) is -0.692. The lowest BCUT2D eigenvalue weighted by Gasteiger charge is -2.15. The van der Waals surface area contributed by atoms with Crippen LogP contribution in [0.5, 0.6) is 0 Å². The molecule has 4 heteroatoms. The molecule has 0 bridgehead atoms. The molecule has 18 heavy (non-hydrogen) atoms. The van der Waals surface area contributed by atoms with Gasteiger partial charge >= 0.3 is 0 Å². The Hall–Kier alpha value is -1.97. The normalized spacial score (nSPS) is 12.2. The molecule has 1 atom stereocenters. The van der Waals surface area contributed by atoms with Gasteiger partial charge in [0.25, 0.3) is 0 Å². The summed E-state index contributed by atoms with van der Waals surface area (Å²) in [6.45, 7) is 3.74. The van der Waals surface area contributed by atoms with Crippen molar-refractivity contribution >= 4 is 5.69 Å². The predicted molar refractivity (Wildman–Crippen MR) is 67.4 cm³/mol. The number of hydrogen-bond donors (Lipinski definition) is 1. The fourth-order valence-corrected chi connectivity index (χ4v) is 1.70. The van der Waals surface area contributed by atoms with E-state index in [4.69, 9.17) is 0 Å². The van der Waals surface area contributed by atoms with Gasteiger partial charge in [-0.1, -0.05) is 6.07 Å².